The van der Waals surface area contributed by atoms with E-state index in [9.17, 15) is 8.42 Å². The number of aromatic nitrogens is 1. The molecule has 0 spiro atoms. The van der Waals surface area contributed by atoms with Crippen molar-refractivity contribution >= 4 is 10.0 Å². The molecule has 0 radical (unpaired) electrons. The molecule has 0 saturated carbocycles. The summed E-state index contributed by atoms with van der Waals surface area (Å²) in [7, 11) is -3.42. The van der Waals surface area contributed by atoms with Crippen LogP contribution in [0.5, 0.6) is 0 Å². The van der Waals surface area contributed by atoms with Gasteiger partial charge < -0.3 is 10.3 Å². The van der Waals surface area contributed by atoms with Crippen molar-refractivity contribution in [3.8, 4) is 0 Å². The summed E-state index contributed by atoms with van der Waals surface area (Å²) in [6, 6.07) is 1.64. The molecule has 0 aliphatic carbocycles. The summed E-state index contributed by atoms with van der Waals surface area (Å²) in [5.74, 6) is 0. The van der Waals surface area contributed by atoms with Crippen LogP contribution in [0.3, 0.4) is 0 Å². The van der Waals surface area contributed by atoms with Crippen LogP contribution in [-0.4, -0.2) is 29.9 Å². The van der Waals surface area contributed by atoms with E-state index in [0.717, 1.165) is 18.7 Å². The lowest BCUT2D eigenvalue weighted by Crippen LogP contribution is -2.36. The first kappa shape index (κ1) is 16.2. The normalized spacial score (nSPS) is 12.6. The molecule has 0 aliphatic heterocycles. The minimum Gasteiger partial charge on any atom is -0.349 e. The Morgan fingerprint density at radius 1 is 1.37 bits per heavy atom. The molecule has 1 heterocycles. The molecule has 0 fully saturated rings. The van der Waals surface area contributed by atoms with Crippen molar-refractivity contribution in [1.29, 1.82) is 0 Å². The number of aryl methyl sites for hydroxylation is 1. The molecule has 0 bridgehead atoms. The van der Waals surface area contributed by atoms with Gasteiger partial charge in [-0.25, -0.2) is 8.42 Å². The molecule has 0 saturated heterocycles. The molecule has 1 rings (SSSR count). The molecule has 1 aromatic rings. The van der Waals surface area contributed by atoms with Crippen LogP contribution >= 0.6 is 0 Å². The van der Waals surface area contributed by atoms with Gasteiger partial charge in [-0.1, -0.05) is 13.8 Å². The van der Waals surface area contributed by atoms with Crippen LogP contribution in [0, 0.1) is 0 Å². The molecule has 0 aromatic carbocycles. The zero-order chi connectivity index (χ0) is 14.6. The van der Waals surface area contributed by atoms with E-state index in [2.05, 4.69) is 6.92 Å². The van der Waals surface area contributed by atoms with E-state index < -0.39 is 10.0 Å². The van der Waals surface area contributed by atoms with Gasteiger partial charge in [0.25, 0.3) is 0 Å². The summed E-state index contributed by atoms with van der Waals surface area (Å²) >= 11 is 0. The fraction of sp³-hybridized carbons (Fsp3) is 0.692. The quantitative estimate of drug-likeness (QED) is 0.831. The van der Waals surface area contributed by atoms with Gasteiger partial charge >= 0.3 is 0 Å². The molecular formula is C13H25N3O2S. The van der Waals surface area contributed by atoms with Crippen LogP contribution in [0.25, 0.3) is 0 Å². The fourth-order valence-corrected chi connectivity index (χ4v) is 3.95. The van der Waals surface area contributed by atoms with Crippen molar-refractivity contribution in [2.75, 3.05) is 6.54 Å². The summed E-state index contributed by atoms with van der Waals surface area (Å²) in [5, 5.41) is 0. The first-order chi connectivity index (χ1) is 8.88. The Kier molecular flexibility index (Phi) is 5.58. The lowest BCUT2D eigenvalue weighted by atomic mass is 10.4. The maximum absolute atomic E-state index is 12.6. The van der Waals surface area contributed by atoms with Gasteiger partial charge in [0.15, 0.2) is 0 Å². The van der Waals surface area contributed by atoms with Gasteiger partial charge in [-0.15, -0.1) is 0 Å². The van der Waals surface area contributed by atoms with Crippen molar-refractivity contribution in [2.45, 2.75) is 58.1 Å². The van der Waals surface area contributed by atoms with Crippen LogP contribution in [0.4, 0.5) is 0 Å². The van der Waals surface area contributed by atoms with Gasteiger partial charge in [0.2, 0.25) is 10.0 Å². The Morgan fingerprint density at radius 3 is 2.42 bits per heavy atom. The number of nitrogens with two attached hydrogens (primary N) is 1. The van der Waals surface area contributed by atoms with E-state index in [1.807, 2.05) is 25.3 Å². The lowest BCUT2D eigenvalue weighted by molar-refractivity contribution is 0.369. The first-order valence-corrected chi connectivity index (χ1v) is 8.23. The highest BCUT2D eigenvalue weighted by Gasteiger charge is 2.27. The maximum atomic E-state index is 12.6. The van der Waals surface area contributed by atoms with E-state index in [0.29, 0.717) is 18.0 Å². The fourth-order valence-electron chi connectivity index (χ4n) is 2.24. The Hall–Kier alpha value is -0.850. The summed E-state index contributed by atoms with van der Waals surface area (Å²) in [4.78, 5) is 0.344. The van der Waals surface area contributed by atoms with Crippen LogP contribution in [0.1, 0.15) is 39.8 Å². The van der Waals surface area contributed by atoms with E-state index >= 15 is 0 Å². The monoisotopic (exact) mass is 287 g/mol. The highest BCUT2D eigenvalue weighted by Crippen LogP contribution is 2.21. The number of hydrogen-bond acceptors (Lipinski definition) is 3. The zero-order valence-electron chi connectivity index (χ0n) is 12.3. The maximum Gasteiger partial charge on any atom is 0.244 e. The summed E-state index contributed by atoms with van der Waals surface area (Å²) in [6.45, 7) is 9.28. The molecule has 0 amide bonds. The van der Waals surface area contributed by atoms with Crippen molar-refractivity contribution in [3.05, 3.63) is 18.0 Å². The van der Waals surface area contributed by atoms with Crippen LogP contribution in [-0.2, 0) is 23.1 Å². The van der Waals surface area contributed by atoms with E-state index in [1.54, 1.807) is 12.3 Å². The molecule has 5 nitrogen and oxygen atoms in total. The largest absolute Gasteiger partial charge is 0.349 e. The standard InChI is InChI=1S/C13H25N3O2S/c1-5-7-15-10-13(8-12(15)9-14)19(17,18)16(6-2)11(3)4/h8,10-11H,5-7,9,14H2,1-4H3. The van der Waals surface area contributed by atoms with E-state index in [1.165, 1.54) is 4.31 Å². The number of sulfonamides is 1. The topological polar surface area (TPSA) is 68.3 Å². The van der Waals surface area contributed by atoms with Gasteiger partial charge in [-0.3, -0.25) is 0 Å². The lowest BCUT2D eigenvalue weighted by Gasteiger charge is -2.23. The molecular weight excluding hydrogens is 262 g/mol. The van der Waals surface area contributed by atoms with Crippen molar-refractivity contribution in [2.24, 2.45) is 5.73 Å². The number of nitrogens with zero attached hydrogens (tertiary/aromatic N) is 2. The average molecular weight is 287 g/mol. The minimum absolute atomic E-state index is 0.0501. The Bertz CT molecular complexity index is 506. The second-order valence-electron chi connectivity index (χ2n) is 4.87. The number of rotatable bonds is 7. The highest BCUT2D eigenvalue weighted by atomic mass is 32.2. The van der Waals surface area contributed by atoms with Gasteiger partial charge in [0, 0.05) is 37.6 Å². The summed E-state index contributed by atoms with van der Waals surface area (Å²) < 4.78 is 28.6. The van der Waals surface area contributed by atoms with Gasteiger partial charge in [0.1, 0.15) is 4.90 Å². The first-order valence-electron chi connectivity index (χ1n) is 6.79. The van der Waals surface area contributed by atoms with Crippen molar-refractivity contribution < 1.29 is 8.42 Å². The number of hydrogen-bond donors (Lipinski definition) is 1. The highest BCUT2D eigenvalue weighted by molar-refractivity contribution is 7.89. The molecule has 1 aromatic heterocycles. The zero-order valence-corrected chi connectivity index (χ0v) is 13.1. The molecule has 2 N–H and O–H groups in total. The second-order valence-corrected chi connectivity index (χ2v) is 6.76. The third kappa shape index (κ3) is 3.38. The average Bonchev–Trinajstić information content (AvgIpc) is 2.73. The Morgan fingerprint density at radius 2 is 2.00 bits per heavy atom. The minimum atomic E-state index is -3.42. The third-order valence-electron chi connectivity index (χ3n) is 3.13. The summed E-state index contributed by atoms with van der Waals surface area (Å²) in [6.07, 6.45) is 2.65. The third-order valence-corrected chi connectivity index (χ3v) is 5.25. The van der Waals surface area contributed by atoms with Gasteiger partial charge in [-0.2, -0.15) is 4.31 Å². The predicted molar refractivity (Wildman–Crippen MR) is 77.3 cm³/mol. The Balaban J connectivity index is 3.21. The van der Waals surface area contributed by atoms with Crippen molar-refractivity contribution in [1.82, 2.24) is 8.87 Å². The van der Waals surface area contributed by atoms with Gasteiger partial charge in [0.05, 0.1) is 0 Å². The van der Waals surface area contributed by atoms with Gasteiger partial charge in [-0.05, 0) is 26.3 Å². The Labute approximate surface area is 116 Å². The van der Waals surface area contributed by atoms with E-state index in [-0.39, 0.29) is 6.04 Å². The molecule has 110 valence electrons. The SMILES string of the molecule is CCCn1cc(S(=O)(=O)N(CC)C(C)C)cc1CN. The van der Waals surface area contributed by atoms with Crippen LogP contribution in [0.15, 0.2) is 17.2 Å². The van der Waals surface area contributed by atoms with E-state index in [4.69, 9.17) is 5.73 Å². The second kappa shape index (κ2) is 6.54. The molecule has 0 aliphatic rings. The molecule has 0 unspecified atom stereocenters. The van der Waals surface area contributed by atoms with Crippen molar-refractivity contribution in [3.63, 3.8) is 0 Å². The van der Waals surface area contributed by atoms with Crippen LogP contribution < -0.4 is 5.73 Å². The molecule has 0 atom stereocenters. The predicted octanol–water partition coefficient (Wildman–Crippen LogP) is 1.78. The molecule has 6 heteroatoms. The summed E-state index contributed by atoms with van der Waals surface area (Å²) in [5.41, 5.74) is 6.54. The molecule has 19 heavy (non-hydrogen) atoms. The van der Waals surface area contributed by atoms with Crippen LogP contribution in [0.2, 0.25) is 0 Å². The smallest absolute Gasteiger partial charge is 0.244 e.